The Morgan fingerprint density at radius 1 is 0.475 bits per heavy atom. The van der Waals surface area contributed by atoms with Gasteiger partial charge in [-0.05, 0) is 45.4 Å². The lowest BCUT2D eigenvalue weighted by atomic mass is 9.97. The highest BCUT2D eigenvalue weighted by Crippen LogP contribution is 2.45. The molecule has 1 aliphatic rings. The summed E-state index contributed by atoms with van der Waals surface area (Å²) in [5, 5.41) is 0. The summed E-state index contributed by atoms with van der Waals surface area (Å²) in [6, 6.07) is 54.7. The van der Waals surface area contributed by atoms with Gasteiger partial charge in [-0.15, -0.1) is 0 Å². The summed E-state index contributed by atoms with van der Waals surface area (Å²) in [6.45, 7) is 1.78. The number of hydrogen-bond acceptors (Lipinski definition) is 1. The summed E-state index contributed by atoms with van der Waals surface area (Å²) >= 11 is 0. The van der Waals surface area contributed by atoms with Gasteiger partial charge in [0.15, 0.2) is 0 Å². The van der Waals surface area contributed by atoms with Gasteiger partial charge in [0.2, 0.25) is 0 Å². The topological polar surface area (TPSA) is 3.24 Å². The highest BCUT2D eigenvalue weighted by molar-refractivity contribution is 5.80. The summed E-state index contributed by atoms with van der Waals surface area (Å²) in [5.74, 6) is 0.580. The minimum absolute atomic E-state index is 0.524. The molecule has 1 nitrogen and oxygen atoms in total. The van der Waals surface area contributed by atoms with Gasteiger partial charge in [-0.1, -0.05) is 164 Å². The van der Waals surface area contributed by atoms with Gasteiger partial charge in [-0.25, -0.2) is 0 Å². The van der Waals surface area contributed by atoms with Crippen LogP contribution in [0.4, 0.5) is 0 Å². The minimum Gasteiger partial charge on any atom is -0.292 e. The lowest BCUT2D eigenvalue weighted by Crippen LogP contribution is -2.28. The number of nitrogens with zero attached hydrogens (tertiary/aromatic N) is 1. The van der Waals surface area contributed by atoms with Gasteiger partial charge in [0.25, 0.3) is 0 Å². The SMILES string of the molecule is C(CN(CC=C(c1ccccc1)c1ccccc1)[C@@H]1C[C@H]1c1ccccc1)=C(c1ccccc1)c1ccccc1. The van der Waals surface area contributed by atoms with Crippen molar-refractivity contribution in [2.45, 2.75) is 18.4 Å². The van der Waals surface area contributed by atoms with Crippen LogP contribution in [0.1, 0.15) is 40.2 Å². The van der Waals surface area contributed by atoms with Crippen LogP contribution in [-0.2, 0) is 0 Å². The molecule has 196 valence electrons. The predicted molar refractivity (Wildman–Crippen MR) is 169 cm³/mol. The Kier molecular flexibility index (Phi) is 8.12. The highest BCUT2D eigenvalue weighted by atomic mass is 15.2. The molecule has 0 N–H and O–H groups in total. The van der Waals surface area contributed by atoms with Gasteiger partial charge < -0.3 is 0 Å². The van der Waals surface area contributed by atoms with Gasteiger partial charge in [0, 0.05) is 25.0 Å². The van der Waals surface area contributed by atoms with Crippen molar-refractivity contribution in [2.75, 3.05) is 13.1 Å². The van der Waals surface area contributed by atoms with Crippen LogP contribution < -0.4 is 0 Å². The molecule has 0 unspecified atom stereocenters. The van der Waals surface area contributed by atoms with Crippen LogP contribution in [0.5, 0.6) is 0 Å². The van der Waals surface area contributed by atoms with E-state index in [1.807, 2.05) is 0 Å². The van der Waals surface area contributed by atoms with Crippen molar-refractivity contribution in [3.63, 3.8) is 0 Å². The standard InChI is InChI=1S/C39H35N/c1-6-16-31(17-7-1)36(32-18-8-2-9-19-32)26-28-40(39-30-38(39)35-24-14-5-15-25-35)29-27-37(33-20-10-3-11-21-33)34-22-12-4-13-23-34/h1-27,38-39H,28-30H2/t38-,39+/m0/s1. The molecular weight excluding hydrogens is 482 g/mol. The fourth-order valence-corrected chi connectivity index (χ4v) is 5.68. The van der Waals surface area contributed by atoms with E-state index in [0.29, 0.717) is 12.0 Å². The molecule has 0 aromatic heterocycles. The minimum atomic E-state index is 0.524. The molecule has 5 aromatic rings. The molecule has 0 bridgehead atoms. The van der Waals surface area contributed by atoms with Gasteiger partial charge in [0.1, 0.15) is 0 Å². The average Bonchev–Trinajstić information content (AvgIpc) is 3.84. The monoisotopic (exact) mass is 517 g/mol. The van der Waals surface area contributed by atoms with Crippen molar-refractivity contribution in [2.24, 2.45) is 0 Å². The second-order valence-electron chi connectivity index (χ2n) is 10.5. The van der Waals surface area contributed by atoms with E-state index in [1.165, 1.54) is 45.4 Å². The maximum atomic E-state index is 2.66. The summed E-state index contributed by atoms with van der Waals surface area (Å²) in [5.41, 5.74) is 9.06. The molecule has 0 saturated heterocycles. The summed E-state index contributed by atoms with van der Waals surface area (Å²) < 4.78 is 0. The van der Waals surface area contributed by atoms with Crippen LogP contribution in [0.25, 0.3) is 11.1 Å². The number of benzene rings is 5. The third-order valence-corrected chi connectivity index (χ3v) is 7.85. The van der Waals surface area contributed by atoms with Crippen LogP contribution >= 0.6 is 0 Å². The molecule has 0 aliphatic heterocycles. The molecule has 5 aromatic carbocycles. The first-order valence-electron chi connectivity index (χ1n) is 14.3. The number of rotatable bonds is 10. The van der Waals surface area contributed by atoms with Crippen LogP contribution in [0.2, 0.25) is 0 Å². The maximum Gasteiger partial charge on any atom is 0.0178 e. The van der Waals surface area contributed by atoms with E-state index < -0.39 is 0 Å². The summed E-state index contributed by atoms with van der Waals surface area (Å²) in [7, 11) is 0. The molecule has 1 heteroatoms. The summed E-state index contributed by atoms with van der Waals surface area (Å²) in [6.07, 6.45) is 6.07. The van der Waals surface area contributed by atoms with Crippen molar-refractivity contribution in [1.82, 2.24) is 4.90 Å². The van der Waals surface area contributed by atoms with Crippen molar-refractivity contribution >= 4 is 11.1 Å². The Balaban J connectivity index is 1.35. The molecule has 0 radical (unpaired) electrons. The molecule has 40 heavy (non-hydrogen) atoms. The Bertz CT molecular complexity index is 1360. The van der Waals surface area contributed by atoms with E-state index in [4.69, 9.17) is 0 Å². The van der Waals surface area contributed by atoms with Crippen molar-refractivity contribution in [3.8, 4) is 0 Å². The zero-order valence-electron chi connectivity index (χ0n) is 22.8. The first-order chi connectivity index (χ1) is 19.9. The normalized spacial score (nSPS) is 15.8. The maximum absolute atomic E-state index is 2.66. The number of hydrogen-bond donors (Lipinski definition) is 0. The zero-order chi connectivity index (χ0) is 27.0. The van der Waals surface area contributed by atoms with Crippen molar-refractivity contribution in [3.05, 3.63) is 192 Å². The second-order valence-corrected chi connectivity index (χ2v) is 10.5. The Morgan fingerprint density at radius 2 is 0.800 bits per heavy atom. The smallest absolute Gasteiger partial charge is 0.0178 e. The molecule has 1 fully saturated rings. The highest BCUT2D eigenvalue weighted by Gasteiger charge is 2.41. The van der Waals surface area contributed by atoms with E-state index >= 15 is 0 Å². The van der Waals surface area contributed by atoms with Crippen molar-refractivity contribution in [1.29, 1.82) is 0 Å². The van der Waals surface area contributed by atoms with E-state index in [0.717, 1.165) is 13.1 Å². The Hall–Kier alpha value is -4.46. The van der Waals surface area contributed by atoms with Crippen LogP contribution in [0.3, 0.4) is 0 Å². The largest absolute Gasteiger partial charge is 0.292 e. The van der Waals surface area contributed by atoms with Gasteiger partial charge >= 0.3 is 0 Å². The zero-order valence-corrected chi connectivity index (χ0v) is 22.8. The van der Waals surface area contributed by atoms with Gasteiger partial charge in [-0.3, -0.25) is 4.90 Å². The Morgan fingerprint density at radius 3 is 1.15 bits per heavy atom. The molecule has 0 heterocycles. The van der Waals surface area contributed by atoms with E-state index in [-0.39, 0.29) is 0 Å². The molecule has 0 amide bonds. The summed E-state index contributed by atoms with van der Waals surface area (Å²) in [4.78, 5) is 2.66. The van der Waals surface area contributed by atoms with Crippen molar-refractivity contribution < 1.29 is 0 Å². The van der Waals surface area contributed by atoms with Crippen LogP contribution in [-0.4, -0.2) is 24.0 Å². The molecule has 2 atom stereocenters. The van der Waals surface area contributed by atoms with Gasteiger partial charge in [-0.2, -0.15) is 0 Å². The molecule has 6 rings (SSSR count). The molecular formula is C39H35N. The third-order valence-electron chi connectivity index (χ3n) is 7.85. The molecule has 1 aliphatic carbocycles. The average molecular weight is 518 g/mol. The second kappa shape index (κ2) is 12.6. The van der Waals surface area contributed by atoms with E-state index in [2.05, 4.69) is 169 Å². The van der Waals surface area contributed by atoms with E-state index in [1.54, 1.807) is 0 Å². The lowest BCUT2D eigenvalue weighted by Gasteiger charge is -2.22. The quantitative estimate of drug-likeness (QED) is 0.179. The van der Waals surface area contributed by atoms with E-state index in [9.17, 15) is 0 Å². The fraction of sp³-hybridized carbons (Fsp3) is 0.128. The lowest BCUT2D eigenvalue weighted by molar-refractivity contribution is 0.319. The van der Waals surface area contributed by atoms with Crippen LogP contribution in [0.15, 0.2) is 164 Å². The van der Waals surface area contributed by atoms with Gasteiger partial charge in [0.05, 0.1) is 0 Å². The first kappa shape index (κ1) is 25.8. The third kappa shape index (κ3) is 6.22. The first-order valence-corrected chi connectivity index (χ1v) is 14.3. The fourth-order valence-electron chi connectivity index (χ4n) is 5.68. The molecule has 1 saturated carbocycles. The Labute approximate surface area is 238 Å². The molecule has 0 spiro atoms. The van der Waals surface area contributed by atoms with Crippen LogP contribution in [0, 0.1) is 0 Å². The predicted octanol–water partition coefficient (Wildman–Crippen LogP) is 9.11.